The van der Waals surface area contributed by atoms with Crippen LogP contribution >= 0.6 is 0 Å². The molecule has 0 heterocycles. The van der Waals surface area contributed by atoms with Gasteiger partial charge in [-0.25, -0.2) is 0 Å². The van der Waals surface area contributed by atoms with Crippen molar-refractivity contribution in [1.29, 1.82) is 0 Å². The molecule has 0 amide bonds. The summed E-state index contributed by atoms with van der Waals surface area (Å²) in [5, 5.41) is 7.00. The zero-order valence-corrected chi connectivity index (χ0v) is 6.14. The topological polar surface area (TPSA) is 106 Å². The van der Waals surface area contributed by atoms with Crippen molar-refractivity contribution >= 4 is 34.7 Å². The largest absolute Gasteiger partial charge is 3.00 e. The van der Waals surface area contributed by atoms with Crippen LogP contribution in [-0.4, -0.2) is 46.9 Å². The monoisotopic (exact) mass is 134 g/mol. The Balaban J connectivity index is -0.000000000500. The van der Waals surface area contributed by atoms with Crippen molar-refractivity contribution in [2.45, 2.75) is 0 Å². The SMILES string of the molecule is CO.[Al+3].[Al+3].[O-2].[O-2].[O-2]. The molecule has 0 aromatic rings. The molecule has 0 bridgehead atoms. The van der Waals surface area contributed by atoms with Crippen molar-refractivity contribution in [2.75, 3.05) is 7.11 Å². The molecule has 0 aliphatic heterocycles. The standard InChI is InChI=1S/CH4O.2Al.3O/c1-2;;;;;/h2H,1H3;;;;;/q;2*+3;3*-2. The first-order chi connectivity index (χ1) is 1.00. The minimum Gasteiger partial charge on any atom is -2.00 e. The Morgan fingerprint density at radius 1 is 0.714 bits per heavy atom. The summed E-state index contributed by atoms with van der Waals surface area (Å²) in [6.45, 7) is 0. The van der Waals surface area contributed by atoms with Gasteiger partial charge in [0.2, 0.25) is 0 Å². The molecule has 0 aromatic heterocycles. The van der Waals surface area contributed by atoms with Gasteiger partial charge in [-0.3, -0.25) is 0 Å². The van der Waals surface area contributed by atoms with Crippen molar-refractivity contribution in [3.05, 3.63) is 0 Å². The molecule has 0 aliphatic rings. The zero-order chi connectivity index (χ0) is 2.00. The van der Waals surface area contributed by atoms with Crippen LogP contribution in [0.4, 0.5) is 0 Å². The summed E-state index contributed by atoms with van der Waals surface area (Å²) in [4.78, 5) is 0. The van der Waals surface area contributed by atoms with Gasteiger partial charge in [-0.1, -0.05) is 0 Å². The third-order valence-electron chi connectivity index (χ3n) is 0. The first-order valence-electron chi connectivity index (χ1n) is 0.447. The Kier molecular flexibility index (Phi) is 4360. The van der Waals surface area contributed by atoms with Crippen molar-refractivity contribution in [1.82, 2.24) is 0 Å². The van der Waals surface area contributed by atoms with E-state index in [0.29, 0.717) is 0 Å². The van der Waals surface area contributed by atoms with Crippen LogP contribution in [0.15, 0.2) is 0 Å². The second-order valence-electron chi connectivity index (χ2n) is 0. The fourth-order valence-corrected chi connectivity index (χ4v) is 0. The van der Waals surface area contributed by atoms with Crippen LogP contribution in [0, 0.1) is 0 Å². The third kappa shape index (κ3) is 203. The normalized spacial score (nSPS) is 0.857. The van der Waals surface area contributed by atoms with Crippen LogP contribution in [0.25, 0.3) is 0 Å². The first-order valence-corrected chi connectivity index (χ1v) is 0.447. The predicted octanol–water partition coefficient (Wildman–Crippen LogP) is -1.51. The average molecular weight is 134 g/mol. The van der Waals surface area contributed by atoms with E-state index in [9.17, 15) is 0 Å². The van der Waals surface area contributed by atoms with Crippen molar-refractivity contribution in [3.63, 3.8) is 0 Å². The average Bonchev–Trinajstić information content (AvgIpc) is 1.00. The van der Waals surface area contributed by atoms with Crippen molar-refractivity contribution in [2.24, 2.45) is 0 Å². The Morgan fingerprint density at radius 2 is 0.714 bits per heavy atom. The number of rotatable bonds is 0. The van der Waals surface area contributed by atoms with E-state index in [2.05, 4.69) is 0 Å². The predicted molar refractivity (Wildman–Crippen MR) is 21.7 cm³/mol. The quantitative estimate of drug-likeness (QED) is 0.399. The number of aliphatic hydroxyl groups is 1. The molecule has 0 spiro atoms. The molecule has 0 fully saturated rings. The van der Waals surface area contributed by atoms with E-state index in [1.165, 1.54) is 0 Å². The van der Waals surface area contributed by atoms with Gasteiger partial charge in [0.15, 0.2) is 0 Å². The minimum absolute atomic E-state index is 0. The van der Waals surface area contributed by atoms with Gasteiger partial charge < -0.3 is 21.5 Å². The summed E-state index contributed by atoms with van der Waals surface area (Å²) in [6.07, 6.45) is 0. The maximum atomic E-state index is 7.00. The second-order valence-corrected chi connectivity index (χ2v) is 0. The van der Waals surface area contributed by atoms with E-state index in [1.807, 2.05) is 0 Å². The van der Waals surface area contributed by atoms with Crippen molar-refractivity contribution < 1.29 is 21.5 Å². The van der Waals surface area contributed by atoms with Crippen LogP contribution in [-0.2, 0) is 16.4 Å². The Morgan fingerprint density at radius 3 is 0.714 bits per heavy atom. The summed E-state index contributed by atoms with van der Waals surface area (Å²) in [7, 11) is 1.00. The van der Waals surface area contributed by atoms with Gasteiger partial charge >= 0.3 is 34.7 Å². The van der Waals surface area contributed by atoms with Gasteiger partial charge in [0, 0.05) is 7.11 Å². The smallest absolute Gasteiger partial charge is 2.00 e. The fourth-order valence-electron chi connectivity index (χ4n) is 0. The summed E-state index contributed by atoms with van der Waals surface area (Å²) >= 11 is 0. The molecule has 0 unspecified atom stereocenters. The van der Waals surface area contributed by atoms with Crippen LogP contribution in [0.2, 0.25) is 0 Å². The molecular formula is CH4Al2O4. The summed E-state index contributed by atoms with van der Waals surface area (Å²) < 4.78 is 0. The fraction of sp³-hybridized carbons (Fsp3) is 1.00. The molecule has 0 saturated heterocycles. The van der Waals surface area contributed by atoms with E-state index in [0.717, 1.165) is 7.11 Å². The first kappa shape index (κ1) is 104. The van der Waals surface area contributed by atoms with E-state index in [-0.39, 0.29) is 51.2 Å². The Labute approximate surface area is 63.7 Å². The Bertz CT molecular complexity index is 9.65. The van der Waals surface area contributed by atoms with Gasteiger partial charge in [-0.15, -0.1) is 0 Å². The second kappa shape index (κ2) is 294. The Hall–Kier alpha value is 0.905. The summed E-state index contributed by atoms with van der Waals surface area (Å²) in [6, 6.07) is 0. The molecule has 0 radical (unpaired) electrons. The number of hydrogen-bond acceptors (Lipinski definition) is 1. The molecular weight excluding hydrogens is 130 g/mol. The summed E-state index contributed by atoms with van der Waals surface area (Å²) in [5.41, 5.74) is 0. The minimum atomic E-state index is 0. The third-order valence-corrected chi connectivity index (χ3v) is 0. The van der Waals surface area contributed by atoms with Crippen molar-refractivity contribution in [3.8, 4) is 0 Å². The zero-order valence-electron chi connectivity index (χ0n) is 3.83. The number of aliphatic hydroxyl groups excluding tert-OH is 1. The van der Waals surface area contributed by atoms with Gasteiger partial charge in [0.05, 0.1) is 0 Å². The van der Waals surface area contributed by atoms with Gasteiger partial charge in [0.1, 0.15) is 0 Å². The molecule has 0 aliphatic carbocycles. The van der Waals surface area contributed by atoms with E-state index in [1.54, 1.807) is 0 Å². The maximum Gasteiger partial charge on any atom is 3.00 e. The number of hydrogen-bond donors (Lipinski definition) is 1. The molecule has 1 N–H and O–H groups in total. The van der Waals surface area contributed by atoms with Gasteiger partial charge in [-0.05, 0) is 0 Å². The molecule has 0 rings (SSSR count). The van der Waals surface area contributed by atoms with Gasteiger partial charge in [0.25, 0.3) is 0 Å². The molecule has 0 atom stereocenters. The van der Waals surface area contributed by atoms with Gasteiger partial charge in [-0.2, -0.15) is 0 Å². The van der Waals surface area contributed by atoms with Crippen LogP contribution in [0.5, 0.6) is 0 Å². The van der Waals surface area contributed by atoms with E-state index >= 15 is 0 Å². The molecule has 7 heavy (non-hydrogen) atoms. The molecule has 38 valence electrons. The van der Waals surface area contributed by atoms with E-state index in [4.69, 9.17) is 5.11 Å². The molecule has 4 nitrogen and oxygen atoms in total. The molecule has 6 heteroatoms. The molecule has 0 saturated carbocycles. The maximum absolute atomic E-state index is 7.00. The van der Waals surface area contributed by atoms with Crippen LogP contribution in [0.3, 0.4) is 0 Å². The van der Waals surface area contributed by atoms with Crippen LogP contribution < -0.4 is 0 Å². The van der Waals surface area contributed by atoms with E-state index < -0.39 is 0 Å². The molecule has 0 aromatic carbocycles. The summed E-state index contributed by atoms with van der Waals surface area (Å²) in [5.74, 6) is 0. The van der Waals surface area contributed by atoms with Crippen LogP contribution in [0.1, 0.15) is 0 Å².